The van der Waals surface area contributed by atoms with Crippen LogP contribution in [0.2, 0.25) is 0 Å². The van der Waals surface area contributed by atoms with E-state index in [0.717, 1.165) is 5.92 Å². The maximum absolute atomic E-state index is 2.60. The first kappa shape index (κ1) is 23.2. The van der Waals surface area contributed by atoms with E-state index in [0.29, 0.717) is 0 Å². The molecule has 1 rings (SSSR count). The molecule has 0 aromatic heterocycles. The zero-order valence-electron chi connectivity index (χ0n) is 18.0. The predicted molar refractivity (Wildman–Crippen MR) is 118 cm³/mol. The van der Waals surface area contributed by atoms with E-state index in [1.807, 2.05) is 0 Å². The molecule has 0 saturated heterocycles. The van der Waals surface area contributed by atoms with E-state index in [4.69, 9.17) is 0 Å². The number of hydrogen-bond donors (Lipinski definition) is 0. The molecule has 0 bridgehead atoms. The third-order valence-corrected chi connectivity index (χ3v) is 5.74. The van der Waals surface area contributed by atoms with E-state index >= 15 is 0 Å². The predicted octanol–water partition coefficient (Wildman–Crippen LogP) is 7.50. The van der Waals surface area contributed by atoms with Crippen molar-refractivity contribution >= 4 is 0 Å². The summed E-state index contributed by atoms with van der Waals surface area (Å²) in [6.07, 6.45) is 17.0. The van der Waals surface area contributed by atoms with E-state index in [1.54, 1.807) is 0 Å². The topological polar surface area (TPSA) is 3.24 Å². The average Bonchev–Trinajstić information content (AvgIpc) is 2.68. The summed E-state index contributed by atoms with van der Waals surface area (Å²) in [5.41, 5.74) is 1.51. The van der Waals surface area contributed by atoms with Crippen molar-refractivity contribution in [1.82, 2.24) is 4.90 Å². The number of benzene rings is 1. The summed E-state index contributed by atoms with van der Waals surface area (Å²) in [7, 11) is 0. The van der Waals surface area contributed by atoms with Gasteiger partial charge in [0.15, 0.2) is 0 Å². The van der Waals surface area contributed by atoms with Gasteiger partial charge < -0.3 is 4.90 Å². The zero-order valence-corrected chi connectivity index (χ0v) is 18.0. The molecule has 0 aliphatic carbocycles. The summed E-state index contributed by atoms with van der Waals surface area (Å²) in [6.45, 7) is 10.5. The van der Waals surface area contributed by atoms with Gasteiger partial charge in [0.05, 0.1) is 0 Å². The summed E-state index contributed by atoms with van der Waals surface area (Å²) < 4.78 is 0. The molecular weight excluding hydrogens is 314 g/mol. The van der Waals surface area contributed by atoms with Crippen LogP contribution in [-0.4, -0.2) is 24.5 Å². The molecule has 0 spiro atoms. The molecule has 150 valence electrons. The second-order valence-corrected chi connectivity index (χ2v) is 8.01. The lowest BCUT2D eigenvalue weighted by atomic mass is 9.92. The van der Waals surface area contributed by atoms with Gasteiger partial charge in [-0.05, 0) is 37.4 Å². The lowest BCUT2D eigenvalue weighted by Gasteiger charge is -2.25. The molecule has 1 atom stereocenters. The highest BCUT2D eigenvalue weighted by Gasteiger charge is 2.13. The van der Waals surface area contributed by atoms with Crippen molar-refractivity contribution in [2.75, 3.05) is 19.6 Å². The van der Waals surface area contributed by atoms with Crippen LogP contribution in [0, 0.1) is 5.92 Å². The standard InChI is InChI=1S/C25H45N/c1-4-7-8-9-10-11-12-13-14-16-21-25(23-26(5-2)6-3)22-24-19-17-15-18-20-24/h15,17-20,25H,4-14,16,21-23H2,1-3H3. The van der Waals surface area contributed by atoms with Crippen LogP contribution in [0.4, 0.5) is 0 Å². The van der Waals surface area contributed by atoms with Crippen molar-refractivity contribution in [2.45, 2.75) is 97.8 Å². The second kappa shape index (κ2) is 16.4. The maximum atomic E-state index is 2.60. The van der Waals surface area contributed by atoms with Crippen molar-refractivity contribution in [3.63, 3.8) is 0 Å². The fourth-order valence-corrected chi connectivity index (χ4v) is 3.97. The minimum absolute atomic E-state index is 0.811. The van der Waals surface area contributed by atoms with Crippen LogP contribution in [-0.2, 0) is 6.42 Å². The van der Waals surface area contributed by atoms with Crippen LogP contribution < -0.4 is 0 Å². The molecule has 0 N–H and O–H groups in total. The Labute approximate surface area is 164 Å². The number of unbranched alkanes of at least 4 members (excludes halogenated alkanes) is 9. The Hall–Kier alpha value is -0.820. The highest BCUT2D eigenvalue weighted by molar-refractivity contribution is 5.15. The molecule has 0 radical (unpaired) electrons. The van der Waals surface area contributed by atoms with Crippen LogP contribution in [0.25, 0.3) is 0 Å². The Balaban J connectivity index is 2.21. The first-order valence-electron chi connectivity index (χ1n) is 11.6. The molecule has 0 fully saturated rings. The van der Waals surface area contributed by atoms with Gasteiger partial charge in [-0.1, -0.05) is 115 Å². The molecule has 0 saturated carbocycles. The van der Waals surface area contributed by atoms with Gasteiger partial charge in [0.1, 0.15) is 0 Å². The lowest BCUT2D eigenvalue weighted by molar-refractivity contribution is 0.240. The Morgan fingerprint density at radius 1 is 0.692 bits per heavy atom. The fraction of sp³-hybridized carbons (Fsp3) is 0.760. The van der Waals surface area contributed by atoms with E-state index in [2.05, 4.69) is 56.0 Å². The van der Waals surface area contributed by atoms with E-state index in [1.165, 1.54) is 102 Å². The molecule has 1 aromatic carbocycles. The highest BCUT2D eigenvalue weighted by atomic mass is 15.1. The summed E-state index contributed by atoms with van der Waals surface area (Å²) in [4.78, 5) is 2.60. The molecule has 1 aromatic rings. The smallest absolute Gasteiger partial charge is 0.00126 e. The summed E-state index contributed by atoms with van der Waals surface area (Å²) in [6, 6.07) is 11.1. The third kappa shape index (κ3) is 11.7. The van der Waals surface area contributed by atoms with Crippen molar-refractivity contribution in [3.8, 4) is 0 Å². The maximum Gasteiger partial charge on any atom is 0.00126 e. The molecule has 0 aliphatic heterocycles. The Kier molecular flexibility index (Phi) is 14.6. The SMILES string of the molecule is CCCCCCCCCCCCC(Cc1ccccc1)CN(CC)CC. The number of nitrogens with zero attached hydrogens (tertiary/aromatic N) is 1. The van der Waals surface area contributed by atoms with Gasteiger partial charge in [-0.3, -0.25) is 0 Å². The Morgan fingerprint density at radius 3 is 1.77 bits per heavy atom. The van der Waals surface area contributed by atoms with Gasteiger partial charge in [0.2, 0.25) is 0 Å². The van der Waals surface area contributed by atoms with Crippen molar-refractivity contribution in [3.05, 3.63) is 35.9 Å². The van der Waals surface area contributed by atoms with Crippen molar-refractivity contribution in [1.29, 1.82) is 0 Å². The number of hydrogen-bond acceptors (Lipinski definition) is 1. The first-order chi connectivity index (χ1) is 12.8. The van der Waals surface area contributed by atoms with Gasteiger partial charge in [-0.25, -0.2) is 0 Å². The van der Waals surface area contributed by atoms with Gasteiger partial charge in [-0.15, -0.1) is 0 Å². The number of rotatable bonds is 17. The molecule has 0 heterocycles. The zero-order chi connectivity index (χ0) is 18.9. The van der Waals surface area contributed by atoms with Gasteiger partial charge in [0, 0.05) is 6.54 Å². The quantitative estimate of drug-likeness (QED) is 0.260. The molecule has 26 heavy (non-hydrogen) atoms. The largest absolute Gasteiger partial charge is 0.304 e. The van der Waals surface area contributed by atoms with Crippen molar-refractivity contribution in [2.24, 2.45) is 5.92 Å². The van der Waals surface area contributed by atoms with Gasteiger partial charge in [0.25, 0.3) is 0 Å². The molecule has 0 amide bonds. The van der Waals surface area contributed by atoms with Gasteiger partial charge in [-0.2, -0.15) is 0 Å². The molecule has 0 aliphatic rings. The van der Waals surface area contributed by atoms with Crippen LogP contribution in [0.3, 0.4) is 0 Å². The fourth-order valence-electron chi connectivity index (χ4n) is 3.97. The highest BCUT2D eigenvalue weighted by Crippen LogP contribution is 2.19. The summed E-state index contributed by atoms with van der Waals surface area (Å²) in [5.74, 6) is 0.811. The normalized spacial score (nSPS) is 12.6. The van der Waals surface area contributed by atoms with E-state index in [9.17, 15) is 0 Å². The van der Waals surface area contributed by atoms with Crippen LogP contribution in [0.1, 0.15) is 97.0 Å². The Bertz CT molecular complexity index is 396. The molecular formula is C25H45N. The second-order valence-electron chi connectivity index (χ2n) is 8.01. The third-order valence-electron chi connectivity index (χ3n) is 5.74. The minimum Gasteiger partial charge on any atom is -0.304 e. The summed E-state index contributed by atoms with van der Waals surface area (Å²) >= 11 is 0. The van der Waals surface area contributed by atoms with Crippen LogP contribution in [0.5, 0.6) is 0 Å². The van der Waals surface area contributed by atoms with Crippen molar-refractivity contribution < 1.29 is 0 Å². The molecule has 1 heteroatoms. The van der Waals surface area contributed by atoms with Gasteiger partial charge >= 0.3 is 0 Å². The summed E-state index contributed by atoms with van der Waals surface area (Å²) in [5, 5.41) is 0. The average molecular weight is 360 g/mol. The molecule has 1 unspecified atom stereocenters. The van der Waals surface area contributed by atoms with E-state index in [-0.39, 0.29) is 0 Å². The lowest BCUT2D eigenvalue weighted by Crippen LogP contribution is -2.30. The molecule has 1 nitrogen and oxygen atoms in total. The monoisotopic (exact) mass is 359 g/mol. The van der Waals surface area contributed by atoms with Crippen LogP contribution >= 0.6 is 0 Å². The van der Waals surface area contributed by atoms with Crippen LogP contribution in [0.15, 0.2) is 30.3 Å². The minimum atomic E-state index is 0.811. The first-order valence-corrected chi connectivity index (χ1v) is 11.6. The Morgan fingerprint density at radius 2 is 1.23 bits per heavy atom. The van der Waals surface area contributed by atoms with E-state index < -0.39 is 0 Å².